The van der Waals surface area contributed by atoms with Gasteiger partial charge in [-0.25, -0.2) is 4.79 Å². The molecule has 4 fully saturated rings. The summed E-state index contributed by atoms with van der Waals surface area (Å²) in [5, 5.41) is 16.2. The second-order valence-electron chi connectivity index (χ2n) is 14.9. The van der Waals surface area contributed by atoms with E-state index in [-0.39, 0.29) is 12.6 Å². The van der Waals surface area contributed by atoms with Gasteiger partial charge in [0.25, 0.3) is 0 Å². The molecule has 0 aromatic heterocycles. The van der Waals surface area contributed by atoms with Gasteiger partial charge in [-0.2, -0.15) is 0 Å². The number of rotatable bonds is 10. The normalized spacial score (nSPS) is 26.8. The summed E-state index contributed by atoms with van der Waals surface area (Å²) >= 11 is 0. The van der Waals surface area contributed by atoms with Crippen LogP contribution in [0.15, 0.2) is 60.7 Å². The van der Waals surface area contributed by atoms with Gasteiger partial charge in [-0.3, -0.25) is 9.69 Å². The molecule has 6 rings (SSSR count). The summed E-state index contributed by atoms with van der Waals surface area (Å²) in [6.45, 7) is 11.6. The molecule has 2 saturated carbocycles. The number of nitrogens with one attached hydrogen (secondary N) is 2. The Balaban J connectivity index is 0.000000184. The van der Waals surface area contributed by atoms with E-state index in [0.29, 0.717) is 35.8 Å². The monoisotopic (exact) mass is 632 g/mol. The van der Waals surface area contributed by atoms with Crippen molar-refractivity contribution in [1.82, 2.24) is 20.4 Å². The zero-order valence-electron chi connectivity index (χ0n) is 28.2. The van der Waals surface area contributed by atoms with E-state index in [2.05, 4.69) is 71.3 Å². The summed E-state index contributed by atoms with van der Waals surface area (Å²) < 4.78 is 5.51. The molecule has 8 nitrogen and oxygen atoms in total. The predicted molar refractivity (Wildman–Crippen MR) is 183 cm³/mol. The minimum absolute atomic E-state index is 0.160. The van der Waals surface area contributed by atoms with Crippen LogP contribution in [0.1, 0.15) is 88.7 Å². The number of carboxylic acids is 1. The number of nitrogens with zero attached hydrogens (tertiary/aromatic N) is 2. The fraction of sp³-hybridized carbons (Fsp3) is 0.632. The van der Waals surface area contributed by atoms with Gasteiger partial charge in [0.1, 0.15) is 5.60 Å². The van der Waals surface area contributed by atoms with Gasteiger partial charge in [-0.15, -0.1) is 0 Å². The van der Waals surface area contributed by atoms with Gasteiger partial charge >= 0.3 is 12.1 Å². The molecule has 2 aliphatic carbocycles. The molecule has 2 aromatic rings. The van der Waals surface area contributed by atoms with Crippen molar-refractivity contribution >= 4 is 12.1 Å². The molecule has 2 heterocycles. The first-order valence-corrected chi connectivity index (χ1v) is 17.6. The van der Waals surface area contributed by atoms with Crippen LogP contribution in [-0.4, -0.2) is 90.5 Å². The molecule has 0 spiro atoms. The van der Waals surface area contributed by atoms with Crippen molar-refractivity contribution < 1.29 is 19.4 Å². The number of carbonyl (C=O) groups is 2. The number of likely N-dealkylation sites (tertiary alicyclic amines) is 2. The second-order valence-corrected chi connectivity index (χ2v) is 14.9. The van der Waals surface area contributed by atoms with Crippen LogP contribution in [0.2, 0.25) is 0 Å². The number of piperidine rings is 1. The lowest BCUT2D eigenvalue weighted by Crippen LogP contribution is -2.40. The number of carboxylic acid groups (broad SMARTS) is 1. The van der Waals surface area contributed by atoms with Crippen molar-refractivity contribution in [3.8, 4) is 0 Å². The van der Waals surface area contributed by atoms with Crippen molar-refractivity contribution in [1.29, 1.82) is 0 Å². The fourth-order valence-corrected chi connectivity index (χ4v) is 7.03. The van der Waals surface area contributed by atoms with Gasteiger partial charge in [0.2, 0.25) is 0 Å². The van der Waals surface area contributed by atoms with Gasteiger partial charge in [-0.1, -0.05) is 60.7 Å². The maximum Gasteiger partial charge on any atom is 0.410 e. The average Bonchev–Trinajstić information content (AvgIpc) is 3.95. The number of aliphatic carboxylic acids is 1. The summed E-state index contributed by atoms with van der Waals surface area (Å²) in [6, 6.07) is 22.8. The predicted octanol–water partition coefficient (Wildman–Crippen LogP) is 6.10. The summed E-state index contributed by atoms with van der Waals surface area (Å²) in [5.41, 5.74) is 2.49. The van der Waals surface area contributed by atoms with E-state index in [1.807, 2.05) is 30.6 Å². The molecule has 2 aliphatic heterocycles. The van der Waals surface area contributed by atoms with Crippen LogP contribution in [0.3, 0.4) is 0 Å². The first-order valence-electron chi connectivity index (χ1n) is 17.6. The third-order valence-corrected chi connectivity index (χ3v) is 9.94. The van der Waals surface area contributed by atoms with E-state index in [0.717, 1.165) is 65.0 Å². The minimum atomic E-state index is -0.713. The van der Waals surface area contributed by atoms with Crippen LogP contribution >= 0.6 is 0 Å². The van der Waals surface area contributed by atoms with Crippen molar-refractivity contribution in [2.75, 3.05) is 45.8 Å². The Morgan fingerprint density at radius 2 is 1.26 bits per heavy atom. The van der Waals surface area contributed by atoms with E-state index in [1.54, 1.807) is 0 Å². The van der Waals surface area contributed by atoms with Gasteiger partial charge in [0, 0.05) is 37.0 Å². The maximum absolute atomic E-state index is 12.2. The molecule has 8 heteroatoms. The summed E-state index contributed by atoms with van der Waals surface area (Å²) in [5.74, 6) is 2.02. The molecular weight excluding hydrogens is 576 g/mol. The van der Waals surface area contributed by atoms with Crippen LogP contribution in [0, 0.1) is 11.8 Å². The fourth-order valence-electron chi connectivity index (χ4n) is 7.03. The van der Waals surface area contributed by atoms with Crippen molar-refractivity contribution in [3.05, 3.63) is 71.8 Å². The lowest BCUT2D eigenvalue weighted by atomic mass is 9.96. The van der Waals surface area contributed by atoms with Crippen LogP contribution in [0.25, 0.3) is 0 Å². The molecule has 5 atom stereocenters. The smallest absolute Gasteiger partial charge is 0.410 e. The van der Waals surface area contributed by atoms with Crippen molar-refractivity contribution in [2.45, 2.75) is 95.2 Å². The van der Waals surface area contributed by atoms with E-state index in [9.17, 15) is 9.59 Å². The number of hydrogen-bond acceptors (Lipinski definition) is 6. The first kappa shape index (κ1) is 34.4. The van der Waals surface area contributed by atoms with E-state index >= 15 is 0 Å². The highest BCUT2D eigenvalue weighted by Gasteiger charge is 2.39. The highest BCUT2D eigenvalue weighted by atomic mass is 16.6. The molecule has 1 amide bonds. The third kappa shape index (κ3) is 11.1. The Labute approximate surface area is 276 Å². The Kier molecular flexibility index (Phi) is 12.2. The second kappa shape index (κ2) is 16.2. The number of hydrogen-bond donors (Lipinski definition) is 3. The van der Waals surface area contributed by atoms with Crippen LogP contribution < -0.4 is 10.6 Å². The van der Waals surface area contributed by atoms with Gasteiger partial charge in [-0.05, 0) is 115 Å². The molecule has 0 bridgehead atoms. The summed E-state index contributed by atoms with van der Waals surface area (Å²) in [6.07, 6.45) is 7.89. The quantitative estimate of drug-likeness (QED) is 0.292. The minimum Gasteiger partial charge on any atom is -0.480 e. The van der Waals surface area contributed by atoms with Crippen LogP contribution in [-0.2, 0) is 9.53 Å². The number of amides is 1. The molecule has 2 saturated heterocycles. The summed E-state index contributed by atoms with van der Waals surface area (Å²) in [4.78, 5) is 26.9. The Morgan fingerprint density at radius 3 is 1.76 bits per heavy atom. The summed E-state index contributed by atoms with van der Waals surface area (Å²) in [7, 11) is 0. The number of ether oxygens (including phenoxy) is 1. The van der Waals surface area contributed by atoms with Crippen molar-refractivity contribution in [3.63, 3.8) is 0 Å². The number of benzene rings is 2. The SMILES string of the molecule is CC(C)(C)OC(=O)N1CCCC(CNC2CC2c2ccccc2)CC1.O=C(O)CN1CCC(CNC2CC2c2ccccc2)CC1. The standard InChI is InChI=1S/C21H32N2O2.C17H24N2O2/c1-21(2,3)25-20(24)23-12-7-8-16(11-13-23)15-22-19-14-18(19)17-9-5-4-6-10-17;20-17(21)12-19-8-6-13(7-9-19)11-18-16-10-15(16)14-4-2-1-3-5-14/h4-6,9-10,16,18-19,22H,7-8,11-15H2,1-3H3;1-5,13,15-16,18H,6-12H2,(H,20,21). The highest BCUT2D eigenvalue weighted by Crippen LogP contribution is 2.41. The molecule has 2 aromatic carbocycles. The molecule has 5 unspecified atom stereocenters. The molecule has 46 heavy (non-hydrogen) atoms. The molecule has 3 N–H and O–H groups in total. The topological polar surface area (TPSA) is 94.1 Å². The largest absolute Gasteiger partial charge is 0.480 e. The molecular formula is C38H56N4O4. The Hall–Kier alpha value is -2.94. The lowest BCUT2D eigenvalue weighted by Gasteiger charge is -2.30. The van der Waals surface area contributed by atoms with E-state index < -0.39 is 11.6 Å². The third-order valence-electron chi connectivity index (χ3n) is 9.94. The zero-order chi connectivity index (χ0) is 32.5. The highest BCUT2D eigenvalue weighted by molar-refractivity contribution is 5.69. The zero-order valence-corrected chi connectivity index (χ0v) is 28.2. The molecule has 0 radical (unpaired) electrons. The Morgan fingerprint density at radius 1 is 0.761 bits per heavy atom. The number of carbonyl (C=O) groups excluding carboxylic acids is 1. The van der Waals surface area contributed by atoms with Crippen molar-refractivity contribution in [2.24, 2.45) is 11.8 Å². The first-order chi connectivity index (χ1) is 22.1. The maximum atomic E-state index is 12.2. The molecule has 4 aliphatic rings. The lowest BCUT2D eigenvalue weighted by molar-refractivity contribution is -0.138. The van der Waals surface area contributed by atoms with E-state index in [4.69, 9.17) is 9.84 Å². The average molecular weight is 633 g/mol. The van der Waals surface area contributed by atoms with Gasteiger partial charge in [0.05, 0.1) is 6.54 Å². The Bertz CT molecular complexity index is 1230. The van der Waals surface area contributed by atoms with Gasteiger partial charge in [0.15, 0.2) is 0 Å². The van der Waals surface area contributed by atoms with Crippen LogP contribution in [0.5, 0.6) is 0 Å². The molecule has 252 valence electrons. The van der Waals surface area contributed by atoms with Gasteiger partial charge < -0.3 is 25.4 Å². The van der Waals surface area contributed by atoms with Crippen LogP contribution in [0.4, 0.5) is 4.79 Å². The van der Waals surface area contributed by atoms with E-state index in [1.165, 1.54) is 30.4 Å².